The number of fused-ring (bicyclic) bond motifs is 1. The van der Waals surface area contributed by atoms with Gasteiger partial charge in [0, 0.05) is 13.1 Å². The molecule has 3 N–H and O–H groups in total. The van der Waals surface area contributed by atoms with E-state index in [9.17, 15) is 5.11 Å². The third-order valence-electron chi connectivity index (χ3n) is 4.37. The van der Waals surface area contributed by atoms with Crippen LogP contribution in [0.3, 0.4) is 0 Å². The zero-order chi connectivity index (χ0) is 19.1. The smallest absolute Gasteiger partial charge is 0.231 e. The molecule has 6 nitrogen and oxygen atoms in total. The van der Waals surface area contributed by atoms with Gasteiger partial charge in [-0.2, -0.15) is 0 Å². The van der Waals surface area contributed by atoms with Crippen molar-refractivity contribution in [2.45, 2.75) is 26.4 Å². The molecule has 144 valence electrons. The molecule has 6 heteroatoms. The van der Waals surface area contributed by atoms with E-state index in [0.717, 1.165) is 36.6 Å². The number of hydrogen-bond donors (Lipinski definition) is 3. The average Bonchev–Trinajstić information content (AvgIpc) is 3.14. The highest BCUT2D eigenvalue weighted by Crippen LogP contribution is 2.32. The Bertz CT molecular complexity index is 775. The number of aliphatic hydroxyl groups is 1. The summed E-state index contributed by atoms with van der Waals surface area (Å²) < 4.78 is 10.7. The molecular weight excluding hydrogens is 342 g/mol. The van der Waals surface area contributed by atoms with Crippen molar-refractivity contribution >= 4 is 5.96 Å². The summed E-state index contributed by atoms with van der Waals surface area (Å²) in [6.07, 6.45) is 0.219. The Hall–Kier alpha value is -2.73. The number of hydrogen-bond acceptors (Lipinski definition) is 4. The number of nitrogens with one attached hydrogen (secondary N) is 2. The van der Waals surface area contributed by atoms with E-state index in [-0.39, 0.29) is 6.79 Å². The van der Waals surface area contributed by atoms with Gasteiger partial charge in [-0.1, -0.05) is 35.9 Å². The molecule has 1 unspecified atom stereocenters. The number of benzene rings is 2. The van der Waals surface area contributed by atoms with Crippen LogP contribution in [0.2, 0.25) is 0 Å². The van der Waals surface area contributed by atoms with Crippen molar-refractivity contribution < 1.29 is 14.6 Å². The minimum atomic E-state index is -0.616. The van der Waals surface area contributed by atoms with E-state index in [0.29, 0.717) is 12.5 Å². The maximum absolute atomic E-state index is 10.3. The monoisotopic (exact) mass is 369 g/mol. The van der Waals surface area contributed by atoms with Gasteiger partial charge in [-0.15, -0.1) is 0 Å². The molecule has 1 aliphatic heterocycles. The van der Waals surface area contributed by atoms with E-state index in [1.165, 1.54) is 11.1 Å². The van der Waals surface area contributed by atoms with Crippen LogP contribution in [0.15, 0.2) is 47.5 Å². The SMILES string of the molecule is CCNC(=NCC(O)c1ccc(C)cc1)NCCc1ccc2c(c1)OCO2. The first-order chi connectivity index (χ1) is 13.2. The fourth-order valence-electron chi connectivity index (χ4n) is 2.84. The van der Waals surface area contributed by atoms with Crippen LogP contribution in [0.4, 0.5) is 0 Å². The summed E-state index contributed by atoms with van der Waals surface area (Å²) in [5, 5.41) is 16.9. The van der Waals surface area contributed by atoms with Crippen LogP contribution in [-0.4, -0.2) is 37.5 Å². The highest BCUT2D eigenvalue weighted by molar-refractivity contribution is 5.79. The minimum absolute atomic E-state index is 0.289. The van der Waals surface area contributed by atoms with Crippen LogP contribution < -0.4 is 20.1 Å². The molecule has 0 bridgehead atoms. The van der Waals surface area contributed by atoms with Gasteiger partial charge in [-0.05, 0) is 43.5 Å². The van der Waals surface area contributed by atoms with Crippen LogP contribution in [0, 0.1) is 6.92 Å². The number of aliphatic imine (C=N–C) groups is 1. The van der Waals surface area contributed by atoms with E-state index < -0.39 is 6.10 Å². The van der Waals surface area contributed by atoms with E-state index >= 15 is 0 Å². The molecule has 0 spiro atoms. The molecule has 0 radical (unpaired) electrons. The van der Waals surface area contributed by atoms with Gasteiger partial charge >= 0.3 is 0 Å². The third-order valence-corrected chi connectivity index (χ3v) is 4.37. The Balaban J connectivity index is 1.52. The molecule has 2 aromatic carbocycles. The van der Waals surface area contributed by atoms with Gasteiger partial charge in [0.2, 0.25) is 6.79 Å². The maximum atomic E-state index is 10.3. The molecule has 1 atom stereocenters. The Labute approximate surface area is 160 Å². The lowest BCUT2D eigenvalue weighted by atomic mass is 10.1. The van der Waals surface area contributed by atoms with Crippen molar-refractivity contribution in [3.05, 3.63) is 59.2 Å². The first kappa shape index (κ1) is 19.0. The van der Waals surface area contributed by atoms with Crippen molar-refractivity contribution in [3.63, 3.8) is 0 Å². The number of aryl methyl sites for hydroxylation is 1. The molecule has 2 aromatic rings. The number of guanidine groups is 1. The van der Waals surface area contributed by atoms with E-state index in [1.807, 2.05) is 56.3 Å². The lowest BCUT2D eigenvalue weighted by Crippen LogP contribution is -2.38. The molecule has 0 fully saturated rings. The molecule has 27 heavy (non-hydrogen) atoms. The van der Waals surface area contributed by atoms with Crippen LogP contribution in [0.25, 0.3) is 0 Å². The molecule has 3 rings (SSSR count). The molecule has 1 aliphatic rings. The Morgan fingerprint density at radius 1 is 1.11 bits per heavy atom. The summed E-state index contributed by atoms with van der Waals surface area (Å²) in [7, 11) is 0. The second-order valence-corrected chi connectivity index (χ2v) is 6.51. The summed E-state index contributed by atoms with van der Waals surface area (Å²) in [4.78, 5) is 4.50. The normalized spacial score (nSPS) is 14.1. The van der Waals surface area contributed by atoms with Crippen molar-refractivity contribution in [1.29, 1.82) is 0 Å². The van der Waals surface area contributed by atoms with Gasteiger partial charge in [-0.3, -0.25) is 4.99 Å². The zero-order valence-corrected chi connectivity index (χ0v) is 15.9. The van der Waals surface area contributed by atoms with Gasteiger partial charge in [0.1, 0.15) is 0 Å². The van der Waals surface area contributed by atoms with Crippen molar-refractivity contribution in [2.24, 2.45) is 4.99 Å². The van der Waals surface area contributed by atoms with Crippen LogP contribution >= 0.6 is 0 Å². The Morgan fingerprint density at radius 3 is 2.67 bits per heavy atom. The molecule has 0 saturated heterocycles. The zero-order valence-electron chi connectivity index (χ0n) is 15.9. The topological polar surface area (TPSA) is 75.1 Å². The fraction of sp³-hybridized carbons (Fsp3) is 0.381. The number of nitrogens with zero attached hydrogens (tertiary/aromatic N) is 1. The van der Waals surface area contributed by atoms with E-state index in [4.69, 9.17) is 9.47 Å². The van der Waals surface area contributed by atoms with Crippen molar-refractivity contribution in [2.75, 3.05) is 26.4 Å². The van der Waals surface area contributed by atoms with Crippen LogP contribution in [-0.2, 0) is 6.42 Å². The van der Waals surface area contributed by atoms with Gasteiger partial charge in [0.25, 0.3) is 0 Å². The summed E-state index contributed by atoms with van der Waals surface area (Å²) >= 11 is 0. The average molecular weight is 369 g/mol. The van der Waals surface area contributed by atoms with Crippen LogP contribution in [0.1, 0.15) is 29.7 Å². The Morgan fingerprint density at radius 2 is 1.89 bits per heavy atom. The standard InChI is InChI=1S/C21H27N3O3/c1-3-22-21(24-13-18(25)17-7-4-15(2)5-8-17)23-11-10-16-6-9-19-20(12-16)27-14-26-19/h4-9,12,18,25H,3,10-11,13-14H2,1-2H3,(H2,22,23,24). The summed E-state index contributed by atoms with van der Waals surface area (Å²) in [5.41, 5.74) is 3.22. The number of aliphatic hydroxyl groups excluding tert-OH is 1. The number of rotatable bonds is 7. The molecule has 0 amide bonds. The van der Waals surface area contributed by atoms with Crippen LogP contribution in [0.5, 0.6) is 11.5 Å². The lowest BCUT2D eigenvalue weighted by Gasteiger charge is -2.13. The molecule has 1 heterocycles. The maximum Gasteiger partial charge on any atom is 0.231 e. The lowest BCUT2D eigenvalue weighted by molar-refractivity contribution is 0.174. The first-order valence-corrected chi connectivity index (χ1v) is 9.31. The second-order valence-electron chi connectivity index (χ2n) is 6.51. The highest BCUT2D eigenvalue weighted by atomic mass is 16.7. The van der Waals surface area contributed by atoms with Gasteiger partial charge in [0.15, 0.2) is 17.5 Å². The van der Waals surface area contributed by atoms with Crippen molar-refractivity contribution in [3.8, 4) is 11.5 Å². The fourth-order valence-corrected chi connectivity index (χ4v) is 2.84. The second kappa shape index (κ2) is 9.28. The predicted octanol–water partition coefficient (Wildman–Crippen LogP) is 2.55. The molecule has 0 saturated carbocycles. The van der Waals surface area contributed by atoms with Gasteiger partial charge in [-0.25, -0.2) is 0 Å². The minimum Gasteiger partial charge on any atom is -0.454 e. The van der Waals surface area contributed by atoms with Crippen molar-refractivity contribution in [1.82, 2.24) is 10.6 Å². The molecule has 0 aliphatic carbocycles. The molecular formula is C21H27N3O3. The van der Waals surface area contributed by atoms with E-state index in [1.54, 1.807) is 0 Å². The van der Waals surface area contributed by atoms with E-state index in [2.05, 4.69) is 15.6 Å². The summed E-state index contributed by atoms with van der Waals surface area (Å²) in [6, 6.07) is 13.9. The third kappa shape index (κ3) is 5.37. The summed E-state index contributed by atoms with van der Waals surface area (Å²) in [5.74, 6) is 2.30. The van der Waals surface area contributed by atoms with Gasteiger partial charge < -0.3 is 25.2 Å². The Kier molecular flexibility index (Phi) is 6.54. The predicted molar refractivity (Wildman–Crippen MR) is 106 cm³/mol. The first-order valence-electron chi connectivity index (χ1n) is 9.31. The van der Waals surface area contributed by atoms with Gasteiger partial charge in [0.05, 0.1) is 12.6 Å². The quantitative estimate of drug-likeness (QED) is 0.517. The summed E-state index contributed by atoms with van der Waals surface area (Å²) in [6.45, 7) is 6.13. The number of ether oxygens (including phenoxy) is 2. The molecule has 0 aromatic heterocycles. The largest absolute Gasteiger partial charge is 0.454 e. The highest BCUT2D eigenvalue weighted by Gasteiger charge is 2.13.